The van der Waals surface area contributed by atoms with Crippen LogP contribution in [-0.2, 0) is 11.3 Å². The topological polar surface area (TPSA) is 64.8 Å². The molecular formula is C22H24FN3O3. The molecule has 0 radical (unpaired) electrons. The zero-order valence-corrected chi connectivity index (χ0v) is 17.0. The average Bonchev–Trinajstić information content (AvgIpc) is 3.04. The summed E-state index contributed by atoms with van der Waals surface area (Å²) in [5, 5.41) is 5.07. The summed E-state index contributed by atoms with van der Waals surface area (Å²) in [4.78, 5) is 12.1. The highest BCUT2D eigenvalue weighted by molar-refractivity contribution is 5.87. The van der Waals surface area contributed by atoms with Gasteiger partial charge in [-0.05, 0) is 37.1 Å². The monoisotopic (exact) mass is 397 g/mol. The van der Waals surface area contributed by atoms with Crippen LogP contribution in [0.4, 0.5) is 4.39 Å². The minimum absolute atomic E-state index is 0.186. The molecule has 3 rings (SSSR count). The molecule has 1 amide bonds. The molecule has 0 spiro atoms. The number of aromatic nitrogens is 1. The Balaban J connectivity index is 1.63. The number of amides is 1. The first kappa shape index (κ1) is 20.4. The predicted octanol–water partition coefficient (Wildman–Crippen LogP) is 3.95. The number of hydrazone groups is 1. The second-order valence-electron chi connectivity index (χ2n) is 6.75. The van der Waals surface area contributed by atoms with Gasteiger partial charge in [-0.2, -0.15) is 5.10 Å². The number of fused-ring (bicyclic) bond motifs is 1. The van der Waals surface area contributed by atoms with Gasteiger partial charge in [-0.1, -0.05) is 12.1 Å². The van der Waals surface area contributed by atoms with Crippen molar-refractivity contribution < 1.29 is 18.7 Å². The van der Waals surface area contributed by atoms with Crippen LogP contribution in [0, 0.1) is 19.7 Å². The standard InChI is InChI=1S/C22H24FN3O3/c1-14-6-5-7-18-22(14)15(2)13-26(18)9-8-21(27)25-24-12-16-10-19(28-3)20(29-4)11-17(16)23/h5-7,10-13H,8-9H2,1-4H3,(H,25,27)/b24-12-. The third-order valence-corrected chi connectivity index (χ3v) is 4.78. The molecule has 0 saturated heterocycles. The van der Waals surface area contributed by atoms with Crippen molar-refractivity contribution in [1.82, 2.24) is 9.99 Å². The second kappa shape index (κ2) is 8.77. The Morgan fingerprint density at radius 2 is 1.90 bits per heavy atom. The maximum Gasteiger partial charge on any atom is 0.241 e. The van der Waals surface area contributed by atoms with E-state index in [0.717, 1.165) is 5.52 Å². The molecule has 3 aromatic rings. The highest BCUT2D eigenvalue weighted by Gasteiger charge is 2.11. The van der Waals surface area contributed by atoms with Gasteiger partial charge in [-0.3, -0.25) is 4.79 Å². The van der Waals surface area contributed by atoms with Crippen LogP contribution in [0.1, 0.15) is 23.1 Å². The number of methoxy groups -OCH3 is 2. The third-order valence-electron chi connectivity index (χ3n) is 4.78. The zero-order chi connectivity index (χ0) is 21.0. The fourth-order valence-electron chi connectivity index (χ4n) is 3.38. The average molecular weight is 397 g/mol. The second-order valence-corrected chi connectivity index (χ2v) is 6.75. The molecule has 0 atom stereocenters. The van der Waals surface area contributed by atoms with E-state index in [-0.39, 0.29) is 23.6 Å². The van der Waals surface area contributed by atoms with Crippen LogP contribution in [0.5, 0.6) is 11.5 Å². The number of nitrogens with zero attached hydrogens (tertiary/aromatic N) is 2. The van der Waals surface area contributed by atoms with Gasteiger partial charge in [-0.15, -0.1) is 0 Å². The highest BCUT2D eigenvalue weighted by atomic mass is 19.1. The molecule has 29 heavy (non-hydrogen) atoms. The molecule has 0 saturated carbocycles. The van der Waals surface area contributed by atoms with E-state index in [1.54, 1.807) is 0 Å². The molecule has 7 heteroatoms. The van der Waals surface area contributed by atoms with Crippen LogP contribution in [0.15, 0.2) is 41.6 Å². The van der Waals surface area contributed by atoms with Gasteiger partial charge in [-0.25, -0.2) is 9.82 Å². The molecule has 0 fully saturated rings. The lowest BCUT2D eigenvalue weighted by Crippen LogP contribution is -2.19. The summed E-state index contributed by atoms with van der Waals surface area (Å²) < 4.78 is 26.3. The number of rotatable bonds is 7. The van der Waals surface area contributed by atoms with E-state index >= 15 is 0 Å². The van der Waals surface area contributed by atoms with Crippen molar-refractivity contribution in [1.29, 1.82) is 0 Å². The van der Waals surface area contributed by atoms with Gasteiger partial charge >= 0.3 is 0 Å². The summed E-state index contributed by atoms with van der Waals surface area (Å²) in [6, 6.07) is 8.81. The number of hydrogen-bond donors (Lipinski definition) is 1. The van der Waals surface area contributed by atoms with E-state index in [4.69, 9.17) is 9.47 Å². The van der Waals surface area contributed by atoms with E-state index in [2.05, 4.69) is 35.0 Å². The summed E-state index contributed by atoms with van der Waals surface area (Å²) in [5.74, 6) is -0.109. The molecule has 1 heterocycles. The molecule has 152 valence electrons. The van der Waals surface area contributed by atoms with E-state index in [1.165, 1.54) is 49.1 Å². The van der Waals surface area contributed by atoms with Crippen molar-refractivity contribution in [3.8, 4) is 11.5 Å². The number of nitrogens with one attached hydrogen (secondary N) is 1. The number of carbonyl (C=O) groups excluding carboxylic acids is 1. The number of ether oxygens (including phenoxy) is 2. The van der Waals surface area contributed by atoms with Gasteiger partial charge in [0.15, 0.2) is 11.5 Å². The molecular weight excluding hydrogens is 373 g/mol. The normalized spacial score (nSPS) is 11.2. The summed E-state index contributed by atoms with van der Waals surface area (Å²) in [6.07, 6.45) is 3.55. The maximum atomic E-state index is 14.1. The van der Waals surface area contributed by atoms with Crippen molar-refractivity contribution in [3.05, 3.63) is 59.0 Å². The van der Waals surface area contributed by atoms with Gasteiger partial charge < -0.3 is 14.0 Å². The fraction of sp³-hybridized carbons (Fsp3) is 0.273. The molecule has 0 aliphatic rings. The third kappa shape index (κ3) is 4.39. The quantitative estimate of drug-likeness (QED) is 0.485. The number of hydrogen-bond acceptors (Lipinski definition) is 4. The van der Waals surface area contributed by atoms with Gasteiger partial charge in [0.05, 0.1) is 20.4 Å². The number of halogens is 1. The van der Waals surface area contributed by atoms with Crippen molar-refractivity contribution in [3.63, 3.8) is 0 Å². The van der Waals surface area contributed by atoms with E-state index in [1.807, 2.05) is 18.3 Å². The van der Waals surface area contributed by atoms with Crippen molar-refractivity contribution in [2.24, 2.45) is 5.10 Å². The molecule has 1 aromatic heterocycles. The maximum absolute atomic E-state index is 14.1. The SMILES string of the molecule is COc1cc(F)c(/C=N\NC(=O)CCn2cc(C)c3c(C)cccc32)cc1OC. The highest BCUT2D eigenvalue weighted by Crippen LogP contribution is 2.29. The van der Waals surface area contributed by atoms with E-state index in [9.17, 15) is 9.18 Å². The largest absolute Gasteiger partial charge is 0.493 e. The first-order valence-electron chi connectivity index (χ1n) is 9.23. The molecule has 6 nitrogen and oxygen atoms in total. The zero-order valence-electron chi connectivity index (χ0n) is 17.0. The van der Waals surface area contributed by atoms with Crippen LogP contribution in [0.3, 0.4) is 0 Å². The van der Waals surface area contributed by atoms with Crippen molar-refractivity contribution in [2.75, 3.05) is 14.2 Å². The van der Waals surface area contributed by atoms with Gasteiger partial charge in [0.25, 0.3) is 0 Å². The molecule has 0 aliphatic heterocycles. The van der Waals surface area contributed by atoms with Gasteiger partial charge in [0.2, 0.25) is 5.91 Å². The van der Waals surface area contributed by atoms with E-state index < -0.39 is 5.82 Å². The lowest BCUT2D eigenvalue weighted by atomic mass is 10.1. The lowest BCUT2D eigenvalue weighted by Gasteiger charge is -2.08. The van der Waals surface area contributed by atoms with Gasteiger partial charge in [0.1, 0.15) is 5.82 Å². The van der Waals surface area contributed by atoms with Crippen LogP contribution >= 0.6 is 0 Å². The lowest BCUT2D eigenvalue weighted by molar-refractivity contribution is -0.121. The summed E-state index contributed by atoms with van der Waals surface area (Å²) in [7, 11) is 2.90. The Hall–Kier alpha value is -3.35. The fourth-order valence-corrected chi connectivity index (χ4v) is 3.38. The number of benzene rings is 2. The summed E-state index contributed by atoms with van der Waals surface area (Å²) in [6.45, 7) is 4.67. The molecule has 0 unspecified atom stereocenters. The van der Waals surface area contributed by atoms with Crippen molar-refractivity contribution >= 4 is 23.0 Å². The van der Waals surface area contributed by atoms with Crippen LogP contribution < -0.4 is 14.9 Å². The Labute approximate surface area is 168 Å². The molecule has 0 bridgehead atoms. The van der Waals surface area contributed by atoms with Crippen LogP contribution in [0.25, 0.3) is 10.9 Å². The Bertz CT molecular complexity index is 1070. The van der Waals surface area contributed by atoms with E-state index in [0.29, 0.717) is 12.3 Å². The predicted molar refractivity (Wildman–Crippen MR) is 111 cm³/mol. The van der Waals surface area contributed by atoms with Crippen LogP contribution in [-0.4, -0.2) is 30.9 Å². The molecule has 1 N–H and O–H groups in total. The van der Waals surface area contributed by atoms with Crippen molar-refractivity contribution in [2.45, 2.75) is 26.8 Å². The minimum atomic E-state index is -0.523. The Morgan fingerprint density at radius 1 is 1.17 bits per heavy atom. The number of carbonyl (C=O) groups is 1. The first-order valence-corrected chi connectivity index (χ1v) is 9.23. The molecule has 2 aromatic carbocycles. The van der Waals surface area contributed by atoms with Crippen LogP contribution in [0.2, 0.25) is 0 Å². The Kier molecular flexibility index (Phi) is 6.16. The number of aryl methyl sites for hydroxylation is 3. The Morgan fingerprint density at radius 3 is 2.62 bits per heavy atom. The summed E-state index contributed by atoms with van der Waals surface area (Å²) in [5.41, 5.74) is 6.12. The minimum Gasteiger partial charge on any atom is -0.493 e. The molecule has 0 aliphatic carbocycles. The smallest absolute Gasteiger partial charge is 0.241 e. The summed E-state index contributed by atoms with van der Waals surface area (Å²) >= 11 is 0. The first-order chi connectivity index (χ1) is 13.9. The van der Waals surface area contributed by atoms with Gasteiger partial charge in [0, 0.05) is 41.7 Å².